The maximum Gasteiger partial charge on any atom is 0.325 e. The molecule has 2 aromatic rings. The highest BCUT2D eigenvalue weighted by atomic mass is 79.9. The SMILES string of the molecule is C[C@]1(c2ccccc2Br)NC(=O)N(Cc2ccc(Cl)cc2)C1=O. The maximum atomic E-state index is 12.9. The molecule has 6 heteroatoms. The average molecular weight is 394 g/mol. The molecule has 3 amide bonds. The summed E-state index contributed by atoms with van der Waals surface area (Å²) in [7, 11) is 0. The zero-order valence-electron chi connectivity index (χ0n) is 12.3. The van der Waals surface area contributed by atoms with E-state index in [0.717, 1.165) is 15.6 Å². The highest BCUT2D eigenvalue weighted by Gasteiger charge is 2.49. The zero-order valence-corrected chi connectivity index (χ0v) is 14.7. The summed E-state index contributed by atoms with van der Waals surface area (Å²) in [6.07, 6.45) is 0. The molecule has 1 fully saturated rings. The Morgan fingerprint density at radius 3 is 2.43 bits per heavy atom. The van der Waals surface area contributed by atoms with Gasteiger partial charge in [-0.1, -0.05) is 57.9 Å². The van der Waals surface area contributed by atoms with Crippen LogP contribution in [0.25, 0.3) is 0 Å². The Balaban J connectivity index is 1.91. The molecule has 1 heterocycles. The lowest BCUT2D eigenvalue weighted by atomic mass is 9.92. The van der Waals surface area contributed by atoms with Crippen molar-refractivity contribution in [3.8, 4) is 0 Å². The summed E-state index contributed by atoms with van der Waals surface area (Å²) in [5, 5.41) is 3.42. The number of nitrogens with one attached hydrogen (secondary N) is 1. The Bertz CT molecular complexity index is 778. The topological polar surface area (TPSA) is 49.4 Å². The molecule has 0 spiro atoms. The van der Waals surface area contributed by atoms with Gasteiger partial charge in [0.1, 0.15) is 5.54 Å². The van der Waals surface area contributed by atoms with Gasteiger partial charge in [0, 0.05) is 15.1 Å². The first-order valence-corrected chi connectivity index (χ1v) is 8.22. The van der Waals surface area contributed by atoms with Crippen molar-refractivity contribution in [3.63, 3.8) is 0 Å². The predicted molar refractivity (Wildman–Crippen MR) is 92.0 cm³/mol. The van der Waals surface area contributed by atoms with Gasteiger partial charge >= 0.3 is 6.03 Å². The van der Waals surface area contributed by atoms with E-state index in [-0.39, 0.29) is 12.5 Å². The van der Waals surface area contributed by atoms with Crippen LogP contribution in [-0.2, 0) is 16.9 Å². The zero-order chi connectivity index (χ0) is 16.6. The summed E-state index contributed by atoms with van der Waals surface area (Å²) in [6, 6.07) is 14.1. The van der Waals surface area contributed by atoms with Crippen molar-refractivity contribution in [2.45, 2.75) is 19.0 Å². The summed E-state index contributed by atoms with van der Waals surface area (Å²) >= 11 is 9.31. The van der Waals surface area contributed by atoms with Crippen molar-refractivity contribution in [2.24, 2.45) is 0 Å². The highest BCUT2D eigenvalue weighted by molar-refractivity contribution is 9.10. The van der Waals surface area contributed by atoms with Crippen LogP contribution in [0, 0.1) is 0 Å². The molecule has 0 unspecified atom stereocenters. The summed E-state index contributed by atoms with van der Waals surface area (Å²) in [5.41, 5.74) is 0.495. The second-order valence-electron chi connectivity index (χ2n) is 5.55. The molecular weight excluding hydrogens is 380 g/mol. The molecule has 0 radical (unpaired) electrons. The lowest BCUT2D eigenvalue weighted by Crippen LogP contribution is -2.41. The van der Waals surface area contributed by atoms with E-state index in [2.05, 4.69) is 21.2 Å². The number of hydrogen-bond donors (Lipinski definition) is 1. The van der Waals surface area contributed by atoms with Crippen LogP contribution in [-0.4, -0.2) is 16.8 Å². The second kappa shape index (κ2) is 5.98. The van der Waals surface area contributed by atoms with Gasteiger partial charge in [-0.2, -0.15) is 0 Å². The number of urea groups is 1. The molecule has 23 heavy (non-hydrogen) atoms. The molecule has 3 rings (SSSR count). The van der Waals surface area contributed by atoms with Gasteiger partial charge in [-0.05, 0) is 30.7 Å². The van der Waals surface area contributed by atoms with Gasteiger partial charge in [0.15, 0.2) is 0 Å². The first kappa shape index (κ1) is 16.0. The minimum Gasteiger partial charge on any atom is -0.319 e. The number of amides is 3. The molecule has 1 N–H and O–H groups in total. The first-order chi connectivity index (χ1) is 10.9. The Hall–Kier alpha value is -1.85. The molecule has 0 aliphatic carbocycles. The van der Waals surface area contributed by atoms with Gasteiger partial charge in [-0.3, -0.25) is 9.69 Å². The number of hydrogen-bond acceptors (Lipinski definition) is 2. The van der Waals surface area contributed by atoms with Gasteiger partial charge in [0.25, 0.3) is 5.91 Å². The maximum absolute atomic E-state index is 12.9. The standard InChI is InChI=1S/C17H14BrClN2O2/c1-17(13-4-2-3-5-14(13)18)15(22)21(16(23)20-17)10-11-6-8-12(19)9-7-11/h2-9H,10H2,1H3,(H,20,23)/t17-/m1/s1. The van der Waals surface area contributed by atoms with E-state index in [0.29, 0.717) is 5.02 Å². The Labute approximate surface area is 147 Å². The molecule has 0 bridgehead atoms. The van der Waals surface area contributed by atoms with E-state index in [9.17, 15) is 9.59 Å². The van der Waals surface area contributed by atoms with Gasteiger partial charge < -0.3 is 5.32 Å². The fourth-order valence-corrected chi connectivity index (χ4v) is 3.47. The molecule has 2 aromatic carbocycles. The van der Waals surface area contributed by atoms with Gasteiger partial charge in [-0.15, -0.1) is 0 Å². The van der Waals surface area contributed by atoms with Crippen LogP contribution >= 0.6 is 27.5 Å². The fourth-order valence-electron chi connectivity index (χ4n) is 2.66. The number of nitrogens with zero attached hydrogens (tertiary/aromatic N) is 1. The first-order valence-electron chi connectivity index (χ1n) is 7.05. The van der Waals surface area contributed by atoms with E-state index >= 15 is 0 Å². The fraction of sp³-hybridized carbons (Fsp3) is 0.176. The van der Waals surface area contributed by atoms with Crippen LogP contribution in [0.15, 0.2) is 53.0 Å². The number of imide groups is 1. The van der Waals surface area contributed by atoms with E-state index in [1.54, 1.807) is 31.2 Å². The smallest absolute Gasteiger partial charge is 0.319 e. The normalized spacial score (nSPS) is 20.7. The van der Waals surface area contributed by atoms with Gasteiger partial charge in [0.05, 0.1) is 6.54 Å². The average Bonchev–Trinajstić information content (AvgIpc) is 2.74. The van der Waals surface area contributed by atoms with Crippen LogP contribution in [0.4, 0.5) is 4.79 Å². The minimum atomic E-state index is -1.08. The molecule has 1 saturated heterocycles. The highest BCUT2D eigenvalue weighted by Crippen LogP contribution is 2.34. The number of rotatable bonds is 3. The molecule has 0 aromatic heterocycles. The van der Waals surface area contributed by atoms with Gasteiger partial charge in [-0.25, -0.2) is 4.79 Å². The Morgan fingerprint density at radius 1 is 1.13 bits per heavy atom. The van der Waals surface area contributed by atoms with Crippen LogP contribution in [0.3, 0.4) is 0 Å². The van der Waals surface area contributed by atoms with Crippen LogP contribution in [0.5, 0.6) is 0 Å². The third-order valence-corrected chi connectivity index (χ3v) is 4.88. The summed E-state index contributed by atoms with van der Waals surface area (Å²) in [6.45, 7) is 1.93. The lowest BCUT2D eigenvalue weighted by Gasteiger charge is -2.23. The molecule has 118 valence electrons. The van der Waals surface area contributed by atoms with E-state index in [4.69, 9.17) is 11.6 Å². The van der Waals surface area contributed by atoms with Crippen LogP contribution in [0.1, 0.15) is 18.1 Å². The minimum absolute atomic E-state index is 0.210. The molecule has 1 aliphatic heterocycles. The summed E-state index contributed by atoms with van der Waals surface area (Å²) in [5.74, 6) is -0.274. The third kappa shape index (κ3) is 2.86. The van der Waals surface area contributed by atoms with E-state index in [1.807, 2.05) is 24.3 Å². The molecular formula is C17H14BrClN2O2. The third-order valence-electron chi connectivity index (χ3n) is 3.94. The lowest BCUT2D eigenvalue weighted by molar-refractivity contribution is -0.131. The number of benzene rings is 2. The monoisotopic (exact) mass is 392 g/mol. The Kier molecular flexibility index (Phi) is 4.17. The second-order valence-corrected chi connectivity index (χ2v) is 6.84. The largest absolute Gasteiger partial charge is 0.325 e. The van der Waals surface area contributed by atoms with Crippen molar-refractivity contribution < 1.29 is 9.59 Å². The molecule has 0 saturated carbocycles. The number of carbonyl (C=O) groups is 2. The van der Waals surface area contributed by atoms with Crippen molar-refractivity contribution >= 4 is 39.5 Å². The number of halogens is 2. The van der Waals surface area contributed by atoms with Crippen molar-refractivity contribution in [1.82, 2.24) is 10.2 Å². The van der Waals surface area contributed by atoms with Crippen LogP contribution < -0.4 is 5.32 Å². The number of carbonyl (C=O) groups excluding carboxylic acids is 2. The summed E-state index contributed by atoms with van der Waals surface area (Å²) in [4.78, 5) is 26.4. The van der Waals surface area contributed by atoms with E-state index in [1.165, 1.54) is 4.90 Å². The quantitative estimate of drug-likeness (QED) is 0.799. The van der Waals surface area contributed by atoms with Crippen molar-refractivity contribution in [3.05, 3.63) is 69.2 Å². The molecule has 4 nitrogen and oxygen atoms in total. The van der Waals surface area contributed by atoms with Gasteiger partial charge in [0.2, 0.25) is 0 Å². The van der Waals surface area contributed by atoms with Crippen molar-refractivity contribution in [1.29, 1.82) is 0 Å². The predicted octanol–water partition coefficient (Wildman–Crippen LogP) is 4.07. The molecule has 1 atom stereocenters. The summed E-state index contributed by atoms with van der Waals surface area (Å²) < 4.78 is 0.782. The van der Waals surface area contributed by atoms with E-state index < -0.39 is 11.6 Å². The Morgan fingerprint density at radius 2 is 1.78 bits per heavy atom. The van der Waals surface area contributed by atoms with Crippen molar-refractivity contribution in [2.75, 3.05) is 0 Å². The molecule has 1 aliphatic rings. The van der Waals surface area contributed by atoms with Crippen LogP contribution in [0.2, 0.25) is 5.02 Å².